The lowest BCUT2D eigenvalue weighted by molar-refractivity contribution is 0.0648. The molecule has 0 unspecified atom stereocenters. The second kappa shape index (κ2) is 6.85. The normalized spacial score (nSPS) is 15.7. The SMILES string of the molecule is CCN1CCN(C(=O)c2cc3c(C)nn(-c4cccc(C)c4)c3s2)CC1. The van der Waals surface area contributed by atoms with E-state index in [0.717, 1.165) is 59.2 Å². The number of likely N-dealkylation sites (N-methyl/N-ethyl adjacent to an activating group) is 1. The van der Waals surface area contributed by atoms with E-state index >= 15 is 0 Å². The molecule has 3 aromatic rings. The number of piperazine rings is 1. The number of benzene rings is 1. The fraction of sp³-hybridized carbons (Fsp3) is 0.400. The highest BCUT2D eigenvalue weighted by atomic mass is 32.1. The minimum Gasteiger partial charge on any atom is -0.335 e. The first-order chi connectivity index (χ1) is 12.6. The van der Waals surface area contributed by atoms with Crippen LogP contribution in [0.5, 0.6) is 0 Å². The minimum atomic E-state index is 0.150. The molecular formula is C20H24N4OS. The fourth-order valence-electron chi connectivity index (χ4n) is 3.51. The van der Waals surface area contributed by atoms with Crippen molar-refractivity contribution in [2.75, 3.05) is 32.7 Å². The number of thiophene rings is 1. The number of hydrogen-bond acceptors (Lipinski definition) is 4. The second-order valence-corrected chi connectivity index (χ2v) is 7.92. The second-order valence-electron chi connectivity index (χ2n) is 6.89. The zero-order valence-corrected chi connectivity index (χ0v) is 16.3. The third kappa shape index (κ3) is 3.04. The maximum atomic E-state index is 13.0. The van der Waals surface area contributed by atoms with Gasteiger partial charge in [-0.3, -0.25) is 4.79 Å². The fourth-order valence-corrected chi connectivity index (χ4v) is 4.66. The van der Waals surface area contributed by atoms with E-state index in [1.807, 2.05) is 28.6 Å². The summed E-state index contributed by atoms with van der Waals surface area (Å²) in [5, 5.41) is 5.77. The maximum Gasteiger partial charge on any atom is 0.264 e. The molecule has 1 aliphatic heterocycles. The van der Waals surface area contributed by atoms with Crippen molar-refractivity contribution in [1.29, 1.82) is 0 Å². The smallest absolute Gasteiger partial charge is 0.264 e. The maximum absolute atomic E-state index is 13.0. The molecule has 6 heteroatoms. The predicted octanol–water partition coefficient (Wildman–Crippen LogP) is 3.48. The van der Waals surface area contributed by atoms with Crippen molar-refractivity contribution in [3.05, 3.63) is 46.5 Å². The van der Waals surface area contributed by atoms with Crippen LogP contribution in [0, 0.1) is 13.8 Å². The van der Waals surface area contributed by atoms with Gasteiger partial charge >= 0.3 is 0 Å². The van der Waals surface area contributed by atoms with Crippen molar-refractivity contribution < 1.29 is 4.79 Å². The highest BCUT2D eigenvalue weighted by Gasteiger charge is 2.24. The zero-order valence-electron chi connectivity index (χ0n) is 15.5. The van der Waals surface area contributed by atoms with E-state index in [4.69, 9.17) is 5.10 Å². The third-order valence-electron chi connectivity index (χ3n) is 5.11. The Morgan fingerprint density at radius 1 is 1.15 bits per heavy atom. The summed E-state index contributed by atoms with van der Waals surface area (Å²) < 4.78 is 1.97. The Hall–Kier alpha value is -2.18. The topological polar surface area (TPSA) is 41.4 Å². The lowest BCUT2D eigenvalue weighted by Crippen LogP contribution is -2.48. The summed E-state index contributed by atoms with van der Waals surface area (Å²) >= 11 is 1.55. The first kappa shape index (κ1) is 17.2. The van der Waals surface area contributed by atoms with Gasteiger partial charge in [0.25, 0.3) is 5.91 Å². The van der Waals surface area contributed by atoms with Crippen molar-refractivity contribution in [2.45, 2.75) is 20.8 Å². The first-order valence-electron chi connectivity index (χ1n) is 9.14. The van der Waals surface area contributed by atoms with Gasteiger partial charge in [-0.2, -0.15) is 5.10 Å². The molecule has 0 N–H and O–H groups in total. The van der Waals surface area contributed by atoms with Gasteiger partial charge in [0.1, 0.15) is 4.83 Å². The summed E-state index contributed by atoms with van der Waals surface area (Å²) in [5.41, 5.74) is 3.21. The molecule has 1 saturated heterocycles. The van der Waals surface area contributed by atoms with Crippen molar-refractivity contribution in [1.82, 2.24) is 19.6 Å². The van der Waals surface area contributed by atoms with E-state index in [0.29, 0.717) is 0 Å². The molecule has 1 amide bonds. The van der Waals surface area contributed by atoms with Crippen molar-refractivity contribution >= 4 is 27.5 Å². The summed E-state index contributed by atoms with van der Waals surface area (Å²) in [6.07, 6.45) is 0. The molecular weight excluding hydrogens is 344 g/mol. The van der Waals surface area contributed by atoms with Gasteiger partial charge < -0.3 is 9.80 Å². The Morgan fingerprint density at radius 2 is 1.92 bits per heavy atom. The molecule has 0 radical (unpaired) electrons. The molecule has 136 valence electrons. The highest BCUT2D eigenvalue weighted by Crippen LogP contribution is 2.31. The molecule has 0 aliphatic carbocycles. The summed E-state index contributed by atoms with van der Waals surface area (Å²) in [4.78, 5) is 19.2. The lowest BCUT2D eigenvalue weighted by atomic mass is 10.2. The number of aromatic nitrogens is 2. The van der Waals surface area contributed by atoms with Gasteiger partial charge in [-0.15, -0.1) is 11.3 Å². The van der Waals surface area contributed by atoms with Crippen LogP contribution >= 0.6 is 11.3 Å². The van der Waals surface area contributed by atoms with E-state index in [1.54, 1.807) is 11.3 Å². The van der Waals surface area contributed by atoms with Crippen LogP contribution in [0.3, 0.4) is 0 Å². The first-order valence-corrected chi connectivity index (χ1v) is 9.96. The number of carbonyl (C=O) groups is 1. The predicted molar refractivity (Wildman–Crippen MR) is 106 cm³/mol. The molecule has 3 heterocycles. The van der Waals surface area contributed by atoms with Crippen LogP contribution in [-0.4, -0.2) is 58.2 Å². The number of nitrogens with zero attached hydrogens (tertiary/aromatic N) is 4. The molecule has 1 fully saturated rings. The molecule has 1 aromatic carbocycles. The van der Waals surface area contributed by atoms with Crippen LogP contribution in [0.2, 0.25) is 0 Å². The van der Waals surface area contributed by atoms with Crippen LogP contribution in [0.1, 0.15) is 27.9 Å². The lowest BCUT2D eigenvalue weighted by Gasteiger charge is -2.33. The molecule has 4 rings (SSSR count). The van der Waals surface area contributed by atoms with Crippen molar-refractivity contribution in [3.63, 3.8) is 0 Å². The van der Waals surface area contributed by atoms with Crippen LogP contribution < -0.4 is 0 Å². The number of aryl methyl sites for hydroxylation is 2. The van der Waals surface area contributed by atoms with E-state index in [-0.39, 0.29) is 5.91 Å². The standard InChI is InChI=1S/C20H24N4OS/c1-4-22-8-10-23(11-9-22)19(25)18-13-17-15(3)21-24(20(17)26-18)16-7-5-6-14(2)12-16/h5-7,12-13H,4,8-11H2,1-3H3. The summed E-state index contributed by atoms with van der Waals surface area (Å²) in [7, 11) is 0. The monoisotopic (exact) mass is 368 g/mol. The zero-order chi connectivity index (χ0) is 18.3. The van der Waals surface area contributed by atoms with Crippen LogP contribution in [0.4, 0.5) is 0 Å². The van der Waals surface area contributed by atoms with Crippen molar-refractivity contribution in [2.24, 2.45) is 0 Å². The number of rotatable bonds is 3. The van der Waals surface area contributed by atoms with Gasteiger partial charge in [-0.1, -0.05) is 19.1 Å². The van der Waals surface area contributed by atoms with Crippen LogP contribution in [-0.2, 0) is 0 Å². The molecule has 0 bridgehead atoms. The third-order valence-corrected chi connectivity index (χ3v) is 6.21. The van der Waals surface area contributed by atoms with Crippen molar-refractivity contribution in [3.8, 4) is 5.69 Å². The van der Waals surface area contributed by atoms with Gasteiger partial charge in [0.2, 0.25) is 0 Å². The number of carbonyl (C=O) groups excluding carboxylic acids is 1. The summed E-state index contributed by atoms with van der Waals surface area (Å²) in [6.45, 7) is 10.9. The Balaban J connectivity index is 1.66. The van der Waals surface area contributed by atoms with Gasteiger partial charge in [0.15, 0.2) is 0 Å². The van der Waals surface area contributed by atoms with E-state index in [1.165, 1.54) is 5.56 Å². The minimum absolute atomic E-state index is 0.150. The number of hydrogen-bond donors (Lipinski definition) is 0. The van der Waals surface area contributed by atoms with Crippen LogP contribution in [0.15, 0.2) is 30.3 Å². The molecule has 5 nitrogen and oxygen atoms in total. The number of amides is 1. The average Bonchev–Trinajstić information content (AvgIpc) is 3.22. The van der Waals surface area contributed by atoms with Gasteiger partial charge in [-0.25, -0.2) is 4.68 Å². The number of fused-ring (bicyclic) bond motifs is 1. The molecule has 2 aromatic heterocycles. The molecule has 0 atom stereocenters. The highest BCUT2D eigenvalue weighted by molar-refractivity contribution is 7.20. The van der Waals surface area contributed by atoms with Gasteiger partial charge in [-0.05, 0) is 44.2 Å². The Morgan fingerprint density at radius 3 is 2.62 bits per heavy atom. The van der Waals surface area contributed by atoms with Crippen LogP contribution in [0.25, 0.3) is 15.9 Å². The Bertz CT molecular complexity index is 950. The Labute approximate surface area is 157 Å². The van der Waals surface area contributed by atoms with E-state index in [9.17, 15) is 4.79 Å². The quantitative estimate of drug-likeness (QED) is 0.711. The Kier molecular flexibility index (Phi) is 4.54. The average molecular weight is 369 g/mol. The van der Waals surface area contributed by atoms with E-state index < -0.39 is 0 Å². The van der Waals surface area contributed by atoms with E-state index in [2.05, 4.69) is 36.9 Å². The molecule has 0 spiro atoms. The summed E-state index contributed by atoms with van der Waals surface area (Å²) in [5.74, 6) is 0.150. The van der Waals surface area contributed by atoms with Gasteiger partial charge in [0, 0.05) is 31.6 Å². The molecule has 26 heavy (non-hydrogen) atoms. The molecule has 1 aliphatic rings. The van der Waals surface area contributed by atoms with Gasteiger partial charge in [0.05, 0.1) is 16.3 Å². The molecule has 0 saturated carbocycles. The largest absolute Gasteiger partial charge is 0.335 e. The summed E-state index contributed by atoms with van der Waals surface area (Å²) in [6, 6.07) is 10.3.